The summed E-state index contributed by atoms with van der Waals surface area (Å²) < 4.78 is 18.5. The third kappa shape index (κ3) is 2.70. The zero-order valence-electron chi connectivity index (χ0n) is 12.9. The van der Waals surface area contributed by atoms with Crippen LogP contribution in [-0.4, -0.2) is 60.3 Å². The van der Waals surface area contributed by atoms with Gasteiger partial charge < -0.3 is 9.64 Å². The SMILES string of the molecule is Fc1cnc(N2CCCC3(CCN(C4CCOC4)C3)C2)nc1. The van der Waals surface area contributed by atoms with Crippen molar-refractivity contribution in [3.8, 4) is 0 Å². The van der Waals surface area contributed by atoms with E-state index in [1.165, 1.54) is 38.2 Å². The number of piperidine rings is 1. The van der Waals surface area contributed by atoms with Crippen LogP contribution in [0.15, 0.2) is 12.4 Å². The number of aromatic nitrogens is 2. The molecule has 120 valence electrons. The third-order valence-corrected chi connectivity index (χ3v) is 5.44. The molecule has 22 heavy (non-hydrogen) atoms. The van der Waals surface area contributed by atoms with Crippen LogP contribution >= 0.6 is 0 Å². The van der Waals surface area contributed by atoms with Gasteiger partial charge in [0.05, 0.1) is 19.0 Å². The maximum absolute atomic E-state index is 13.0. The fraction of sp³-hybridized carbons (Fsp3) is 0.750. The molecule has 2 atom stereocenters. The van der Waals surface area contributed by atoms with Crippen molar-refractivity contribution < 1.29 is 9.13 Å². The minimum absolute atomic E-state index is 0.346. The van der Waals surface area contributed by atoms with E-state index in [1.807, 2.05) is 0 Å². The summed E-state index contributed by atoms with van der Waals surface area (Å²) in [5, 5.41) is 0. The molecule has 3 fully saturated rings. The Morgan fingerprint density at radius 2 is 2.05 bits per heavy atom. The summed E-state index contributed by atoms with van der Waals surface area (Å²) in [6, 6.07) is 0.608. The van der Waals surface area contributed by atoms with Gasteiger partial charge in [-0.15, -0.1) is 0 Å². The van der Waals surface area contributed by atoms with E-state index in [0.29, 0.717) is 17.4 Å². The maximum atomic E-state index is 13.0. The van der Waals surface area contributed by atoms with Gasteiger partial charge in [-0.05, 0) is 32.2 Å². The summed E-state index contributed by atoms with van der Waals surface area (Å²) in [6.07, 6.45) is 7.37. The van der Waals surface area contributed by atoms with Crippen molar-refractivity contribution in [3.05, 3.63) is 18.2 Å². The third-order valence-electron chi connectivity index (χ3n) is 5.44. The van der Waals surface area contributed by atoms with Gasteiger partial charge in [0, 0.05) is 37.7 Å². The Balaban J connectivity index is 1.45. The molecular formula is C16H23FN4O. The first-order valence-electron chi connectivity index (χ1n) is 8.28. The van der Waals surface area contributed by atoms with Crippen molar-refractivity contribution in [1.29, 1.82) is 0 Å². The van der Waals surface area contributed by atoms with Gasteiger partial charge in [0.25, 0.3) is 0 Å². The fourth-order valence-corrected chi connectivity index (χ4v) is 4.27. The molecule has 0 aliphatic carbocycles. The Labute approximate surface area is 130 Å². The zero-order chi connectivity index (χ0) is 15.0. The van der Waals surface area contributed by atoms with Crippen LogP contribution in [0.5, 0.6) is 0 Å². The Bertz CT molecular complexity index is 519. The minimum Gasteiger partial charge on any atom is -0.380 e. The van der Waals surface area contributed by atoms with Crippen LogP contribution < -0.4 is 4.90 Å². The average Bonchev–Trinajstić information content (AvgIpc) is 3.18. The number of hydrogen-bond acceptors (Lipinski definition) is 5. The van der Waals surface area contributed by atoms with Crippen LogP contribution in [0.2, 0.25) is 0 Å². The fourth-order valence-electron chi connectivity index (χ4n) is 4.27. The number of anilines is 1. The van der Waals surface area contributed by atoms with E-state index in [1.54, 1.807) is 0 Å². The lowest BCUT2D eigenvalue weighted by molar-refractivity contribution is 0.144. The highest BCUT2D eigenvalue weighted by molar-refractivity contribution is 5.30. The molecular weight excluding hydrogens is 283 g/mol. The molecule has 4 heterocycles. The quantitative estimate of drug-likeness (QED) is 0.832. The molecule has 1 aromatic rings. The van der Waals surface area contributed by atoms with Crippen LogP contribution in [0.25, 0.3) is 0 Å². The predicted molar refractivity (Wildman–Crippen MR) is 81.3 cm³/mol. The minimum atomic E-state index is -0.372. The second kappa shape index (κ2) is 5.74. The van der Waals surface area contributed by atoms with Gasteiger partial charge >= 0.3 is 0 Å². The summed E-state index contributed by atoms with van der Waals surface area (Å²) in [5.74, 6) is 0.298. The smallest absolute Gasteiger partial charge is 0.225 e. The van der Waals surface area contributed by atoms with E-state index in [2.05, 4.69) is 19.8 Å². The monoisotopic (exact) mass is 306 g/mol. The van der Waals surface area contributed by atoms with Crippen molar-refractivity contribution in [3.63, 3.8) is 0 Å². The molecule has 2 unspecified atom stereocenters. The lowest BCUT2D eigenvalue weighted by Gasteiger charge is -2.40. The largest absolute Gasteiger partial charge is 0.380 e. The topological polar surface area (TPSA) is 41.5 Å². The van der Waals surface area contributed by atoms with E-state index in [0.717, 1.165) is 39.3 Å². The molecule has 0 saturated carbocycles. The molecule has 6 heteroatoms. The highest BCUT2D eigenvalue weighted by Gasteiger charge is 2.44. The van der Waals surface area contributed by atoms with E-state index >= 15 is 0 Å². The van der Waals surface area contributed by atoms with Gasteiger partial charge in [0.1, 0.15) is 0 Å². The summed E-state index contributed by atoms with van der Waals surface area (Å²) in [6.45, 7) is 6.08. The predicted octanol–water partition coefficient (Wildman–Crippen LogP) is 1.70. The Hall–Kier alpha value is -1.27. The van der Waals surface area contributed by atoms with Crippen molar-refractivity contribution in [2.45, 2.75) is 31.7 Å². The number of ether oxygens (including phenoxy) is 1. The van der Waals surface area contributed by atoms with Gasteiger partial charge in [-0.1, -0.05) is 0 Å². The lowest BCUT2D eigenvalue weighted by Crippen LogP contribution is -2.46. The molecule has 3 saturated heterocycles. The molecule has 4 rings (SSSR count). The molecule has 0 bridgehead atoms. The average molecular weight is 306 g/mol. The Morgan fingerprint density at radius 1 is 1.18 bits per heavy atom. The molecule has 1 aromatic heterocycles. The summed E-state index contributed by atoms with van der Waals surface area (Å²) in [7, 11) is 0. The highest BCUT2D eigenvalue weighted by atomic mass is 19.1. The first-order chi connectivity index (χ1) is 10.7. The summed E-state index contributed by atoms with van der Waals surface area (Å²) >= 11 is 0. The van der Waals surface area contributed by atoms with Crippen LogP contribution in [0, 0.1) is 11.2 Å². The van der Waals surface area contributed by atoms with Gasteiger partial charge in [0.2, 0.25) is 5.95 Å². The van der Waals surface area contributed by atoms with Crippen molar-refractivity contribution in [2.75, 3.05) is 44.3 Å². The molecule has 1 spiro atoms. The number of hydrogen-bond donors (Lipinski definition) is 0. The van der Waals surface area contributed by atoms with Crippen molar-refractivity contribution in [1.82, 2.24) is 14.9 Å². The molecule has 0 amide bonds. The van der Waals surface area contributed by atoms with E-state index in [9.17, 15) is 4.39 Å². The summed E-state index contributed by atoms with van der Waals surface area (Å²) in [5.41, 5.74) is 0.346. The first kappa shape index (κ1) is 14.3. The summed E-state index contributed by atoms with van der Waals surface area (Å²) in [4.78, 5) is 13.2. The zero-order valence-corrected chi connectivity index (χ0v) is 12.9. The standard InChI is InChI=1S/C16H23FN4O/c17-13-8-18-15(19-9-13)21-5-1-3-16(12-21)4-6-20(11-16)14-2-7-22-10-14/h8-9,14H,1-7,10-12H2. The second-order valence-electron chi connectivity index (χ2n) is 6.96. The van der Waals surface area contributed by atoms with Gasteiger partial charge in [-0.3, -0.25) is 4.90 Å². The first-order valence-corrected chi connectivity index (χ1v) is 8.28. The van der Waals surface area contributed by atoms with Crippen LogP contribution in [-0.2, 0) is 4.74 Å². The second-order valence-corrected chi connectivity index (χ2v) is 6.96. The lowest BCUT2D eigenvalue weighted by atomic mass is 9.79. The molecule has 0 radical (unpaired) electrons. The van der Waals surface area contributed by atoms with Gasteiger partial charge in [-0.25, -0.2) is 14.4 Å². The number of nitrogens with zero attached hydrogens (tertiary/aromatic N) is 4. The van der Waals surface area contributed by atoms with Crippen LogP contribution in [0.1, 0.15) is 25.7 Å². The number of likely N-dealkylation sites (tertiary alicyclic amines) is 1. The molecule has 5 nitrogen and oxygen atoms in total. The number of rotatable bonds is 2. The van der Waals surface area contributed by atoms with E-state index < -0.39 is 0 Å². The number of halogens is 1. The molecule has 3 aliphatic heterocycles. The van der Waals surface area contributed by atoms with Crippen LogP contribution in [0.4, 0.5) is 10.3 Å². The maximum Gasteiger partial charge on any atom is 0.225 e. The van der Waals surface area contributed by atoms with Crippen molar-refractivity contribution in [2.24, 2.45) is 5.41 Å². The molecule has 0 N–H and O–H groups in total. The van der Waals surface area contributed by atoms with E-state index in [4.69, 9.17) is 4.74 Å². The van der Waals surface area contributed by atoms with Crippen LogP contribution in [0.3, 0.4) is 0 Å². The normalized spacial score (nSPS) is 33.0. The molecule has 3 aliphatic rings. The molecule has 0 aromatic carbocycles. The van der Waals surface area contributed by atoms with Gasteiger partial charge in [-0.2, -0.15) is 0 Å². The van der Waals surface area contributed by atoms with Gasteiger partial charge in [0.15, 0.2) is 5.82 Å². The Kier molecular flexibility index (Phi) is 3.74. The highest BCUT2D eigenvalue weighted by Crippen LogP contribution is 2.41. The van der Waals surface area contributed by atoms with E-state index in [-0.39, 0.29) is 5.82 Å². The van der Waals surface area contributed by atoms with Crippen molar-refractivity contribution >= 4 is 5.95 Å². The Morgan fingerprint density at radius 3 is 2.82 bits per heavy atom.